The molecule has 0 amide bonds. The molecule has 0 atom stereocenters. The Morgan fingerprint density at radius 3 is 2.52 bits per heavy atom. The van der Waals surface area contributed by atoms with Gasteiger partial charge in [0, 0.05) is 25.4 Å². The lowest BCUT2D eigenvalue weighted by Gasteiger charge is -2.26. The Labute approximate surface area is 125 Å². The van der Waals surface area contributed by atoms with Gasteiger partial charge in [-0.05, 0) is 37.1 Å². The van der Waals surface area contributed by atoms with Crippen LogP contribution in [0.3, 0.4) is 0 Å². The van der Waals surface area contributed by atoms with Crippen LogP contribution in [0, 0.1) is 11.3 Å². The smallest absolute Gasteiger partial charge is 0.170 e. The van der Waals surface area contributed by atoms with Crippen LogP contribution in [0.5, 0.6) is 0 Å². The van der Waals surface area contributed by atoms with Crippen LogP contribution >= 0.6 is 0 Å². The number of hydrogen-bond acceptors (Lipinski definition) is 3. The second-order valence-electron chi connectivity index (χ2n) is 5.71. The first-order valence-corrected chi connectivity index (χ1v) is 7.51. The Bertz CT molecular complexity index is 642. The van der Waals surface area contributed by atoms with Gasteiger partial charge in [0.05, 0.1) is 0 Å². The van der Waals surface area contributed by atoms with E-state index < -0.39 is 0 Å². The molecule has 0 saturated carbocycles. The van der Waals surface area contributed by atoms with Gasteiger partial charge in [0.2, 0.25) is 0 Å². The minimum absolute atomic E-state index is 0.487. The van der Waals surface area contributed by atoms with Crippen LogP contribution in [0.1, 0.15) is 30.5 Å². The second kappa shape index (κ2) is 6.11. The molecule has 21 heavy (non-hydrogen) atoms. The second-order valence-corrected chi connectivity index (χ2v) is 5.71. The number of benzene rings is 1. The van der Waals surface area contributed by atoms with Gasteiger partial charge < -0.3 is 0 Å². The summed E-state index contributed by atoms with van der Waals surface area (Å²) in [4.78, 5) is 2.52. The van der Waals surface area contributed by atoms with E-state index in [0.29, 0.717) is 5.69 Å². The molecular formula is C17H20N4. The Kier molecular flexibility index (Phi) is 4.03. The van der Waals surface area contributed by atoms with E-state index in [9.17, 15) is 0 Å². The predicted octanol–water partition coefficient (Wildman–Crippen LogP) is 2.94. The number of aryl methyl sites for hydroxylation is 1. The number of nitriles is 1. The Morgan fingerprint density at radius 1 is 1.14 bits per heavy atom. The number of piperidine rings is 1. The topological polar surface area (TPSA) is 44.9 Å². The zero-order valence-corrected chi connectivity index (χ0v) is 12.4. The Balaban J connectivity index is 1.76. The van der Waals surface area contributed by atoms with Crippen molar-refractivity contribution in [2.75, 3.05) is 13.1 Å². The molecule has 0 spiro atoms. The molecule has 1 aromatic carbocycles. The highest BCUT2D eigenvalue weighted by molar-refractivity contribution is 5.68. The van der Waals surface area contributed by atoms with Crippen molar-refractivity contribution in [2.24, 2.45) is 7.05 Å². The van der Waals surface area contributed by atoms with Gasteiger partial charge in [0.25, 0.3) is 0 Å². The van der Waals surface area contributed by atoms with E-state index >= 15 is 0 Å². The number of rotatable bonds is 3. The monoisotopic (exact) mass is 280 g/mol. The molecule has 2 heterocycles. The van der Waals surface area contributed by atoms with Gasteiger partial charge in [-0.25, -0.2) is 0 Å². The first-order valence-electron chi connectivity index (χ1n) is 7.51. The quantitative estimate of drug-likeness (QED) is 0.868. The molecule has 108 valence electrons. The molecule has 0 unspecified atom stereocenters. The molecule has 1 fully saturated rings. The average Bonchev–Trinajstić information content (AvgIpc) is 2.90. The molecule has 0 bridgehead atoms. The zero-order valence-electron chi connectivity index (χ0n) is 12.4. The van der Waals surface area contributed by atoms with Crippen molar-refractivity contribution in [3.8, 4) is 17.2 Å². The summed E-state index contributed by atoms with van der Waals surface area (Å²) < 4.78 is 1.69. The summed E-state index contributed by atoms with van der Waals surface area (Å²) in [5.74, 6) is 0. The van der Waals surface area contributed by atoms with E-state index in [-0.39, 0.29) is 0 Å². The van der Waals surface area contributed by atoms with Gasteiger partial charge in [0.1, 0.15) is 6.07 Å². The molecular weight excluding hydrogens is 260 g/mol. The maximum Gasteiger partial charge on any atom is 0.170 e. The summed E-state index contributed by atoms with van der Waals surface area (Å²) in [6.07, 6.45) is 5.91. The molecule has 0 N–H and O–H groups in total. The number of aromatic nitrogens is 2. The summed E-state index contributed by atoms with van der Waals surface area (Å²) in [5, 5.41) is 13.3. The normalized spacial score (nSPS) is 15.8. The lowest BCUT2D eigenvalue weighted by atomic mass is 10.0. The maximum atomic E-state index is 9.13. The van der Waals surface area contributed by atoms with Crippen molar-refractivity contribution >= 4 is 0 Å². The molecule has 0 aliphatic carbocycles. The highest BCUT2D eigenvalue weighted by Crippen LogP contribution is 2.23. The minimum Gasteiger partial charge on any atom is -0.299 e. The lowest BCUT2D eigenvalue weighted by Crippen LogP contribution is -2.28. The fourth-order valence-corrected chi connectivity index (χ4v) is 2.95. The van der Waals surface area contributed by atoms with Crippen LogP contribution in [0.25, 0.3) is 11.1 Å². The van der Waals surface area contributed by atoms with E-state index in [1.807, 2.05) is 13.2 Å². The van der Waals surface area contributed by atoms with E-state index in [2.05, 4.69) is 40.3 Å². The SMILES string of the molecule is Cn1cc(-c2ccc(CN3CCCCC3)cc2)c(C#N)n1. The van der Waals surface area contributed by atoms with Gasteiger partial charge in [-0.2, -0.15) is 10.4 Å². The highest BCUT2D eigenvalue weighted by Gasteiger charge is 2.12. The molecule has 1 aromatic heterocycles. The summed E-state index contributed by atoms with van der Waals surface area (Å²) in [7, 11) is 1.84. The van der Waals surface area contributed by atoms with Crippen LogP contribution < -0.4 is 0 Å². The first-order chi connectivity index (χ1) is 10.3. The van der Waals surface area contributed by atoms with E-state index in [1.165, 1.54) is 37.9 Å². The van der Waals surface area contributed by atoms with Gasteiger partial charge in [-0.3, -0.25) is 9.58 Å². The van der Waals surface area contributed by atoms with Crippen molar-refractivity contribution in [1.82, 2.24) is 14.7 Å². The molecule has 3 rings (SSSR count). The van der Waals surface area contributed by atoms with E-state index in [1.54, 1.807) is 4.68 Å². The third-order valence-electron chi connectivity index (χ3n) is 4.05. The van der Waals surface area contributed by atoms with Crippen LogP contribution in [-0.2, 0) is 13.6 Å². The molecule has 0 radical (unpaired) electrons. The summed E-state index contributed by atoms with van der Waals surface area (Å²) in [6.45, 7) is 3.45. The highest BCUT2D eigenvalue weighted by atomic mass is 15.2. The fraction of sp³-hybridized carbons (Fsp3) is 0.412. The molecule has 1 saturated heterocycles. The van der Waals surface area contributed by atoms with Crippen molar-refractivity contribution < 1.29 is 0 Å². The van der Waals surface area contributed by atoms with Crippen LogP contribution in [0.15, 0.2) is 30.5 Å². The standard InChI is InChI=1S/C17H20N4/c1-20-13-16(17(11-18)19-20)15-7-5-14(6-8-15)12-21-9-3-2-4-10-21/h5-8,13H,2-4,9-10,12H2,1H3. The zero-order chi connectivity index (χ0) is 14.7. The van der Waals surface area contributed by atoms with Crippen LogP contribution in [0.2, 0.25) is 0 Å². The number of hydrogen-bond donors (Lipinski definition) is 0. The third-order valence-corrected chi connectivity index (χ3v) is 4.05. The molecule has 1 aliphatic rings. The average molecular weight is 280 g/mol. The van der Waals surface area contributed by atoms with Crippen molar-refractivity contribution in [1.29, 1.82) is 5.26 Å². The maximum absolute atomic E-state index is 9.13. The Morgan fingerprint density at radius 2 is 1.86 bits per heavy atom. The fourth-order valence-electron chi connectivity index (χ4n) is 2.95. The minimum atomic E-state index is 0.487. The molecule has 4 nitrogen and oxygen atoms in total. The summed E-state index contributed by atoms with van der Waals surface area (Å²) in [5.41, 5.74) is 3.79. The van der Waals surface area contributed by atoms with Crippen LogP contribution in [0.4, 0.5) is 0 Å². The summed E-state index contributed by atoms with van der Waals surface area (Å²) >= 11 is 0. The summed E-state index contributed by atoms with van der Waals surface area (Å²) in [6, 6.07) is 10.7. The van der Waals surface area contributed by atoms with Crippen molar-refractivity contribution in [3.05, 3.63) is 41.7 Å². The van der Waals surface area contributed by atoms with E-state index in [4.69, 9.17) is 5.26 Å². The Hall–Kier alpha value is -2.12. The van der Waals surface area contributed by atoms with Crippen molar-refractivity contribution in [3.63, 3.8) is 0 Å². The third kappa shape index (κ3) is 3.14. The van der Waals surface area contributed by atoms with Crippen molar-refractivity contribution in [2.45, 2.75) is 25.8 Å². The van der Waals surface area contributed by atoms with Gasteiger partial charge in [0.15, 0.2) is 5.69 Å². The number of likely N-dealkylation sites (tertiary alicyclic amines) is 1. The molecule has 4 heteroatoms. The van der Waals surface area contributed by atoms with Crippen LogP contribution in [-0.4, -0.2) is 27.8 Å². The number of nitrogens with zero attached hydrogens (tertiary/aromatic N) is 4. The predicted molar refractivity (Wildman–Crippen MR) is 82.5 cm³/mol. The van der Waals surface area contributed by atoms with Gasteiger partial charge in [-0.15, -0.1) is 0 Å². The molecule has 1 aliphatic heterocycles. The lowest BCUT2D eigenvalue weighted by molar-refractivity contribution is 0.221. The van der Waals surface area contributed by atoms with Gasteiger partial charge in [-0.1, -0.05) is 30.7 Å². The first kappa shape index (κ1) is 13.8. The molecule has 2 aromatic rings. The van der Waals surface area contributed by atoms with Gasteiger partial charge >= 0.3 is 0 Å². The van der Waals surface area contributed by atoms with E-state index in [0.717, 1.165) is 17.7 Å². The largest absolute Gasteiger partial charge is 0.299 e.